The lowest BCUT2D eigenvalue weighted by atomic mass is 9.86. The number of carbonyl (C=O) groups excluding carboxylic acids is 1. The number of nitrogens with zero attached hydrogens (tertiary/aromatic N) is 2. The number of thioether (sulfide) groups is 1. The molecule has 140 valence electrons. The molecule has 0 spiro atoms. The zero-order valence-electron chi connectivity index (χ0n) is 15.0. The number of hydrogen-bond donors (Lipinski definition) is 0. The number of fused-ring (bicyclic) bond motifs is 2. The largest absolute Gasteiger partial charge is 0.287 e. The molecule has 4 rings (SSSR count). The van der Waals surface area contributed by atoms with Gasteiger partial charge in [0.2, 0.25) is 5.91 Å². The van der Waals surface area contributed by atoms with Crippen molar-refractivity contribution in [2.24, 2.45) is 22.7 Å². The quantitative estimate of drug-likeness (QED) is 0.594. The van der Waals surface area contributed by atoms with Crippen LogP contribution in [0.25, 0.3) is 0 Å². The lowest BCUT2D eigenvalue weighted by Crippen LogP contribution is -2.40. The highest BCUT2D eigenvalue weighted by Crippen LogP contribution is 2.50. The van der Waals surface area contributed by atoms with Crippen LogP contribution in [-0.4, -0.2) is 27.8 Å². The average molecular weight is 411 g/mol. The first-order valence-electron chi connectivity index (χ1n) is 9.53. The summed E-state index contributed by atoms with van der Waals surface area (Å²) in [7, 11) is 0. The summed E-state index contributed by atoms with van der Waals surface area (Å²) in [6.07, 6.45) is 6.91. The standard InChI is InChI=1S/C20H24Cl2N2OS/c1-2-16-11-26-20(23-15-5-6-17(21)18(22)10-15)24(16)19(25)9-14-8-12-3-4-13(14)7-12/h5-6,10,12-14,16H,2-4,7-9,11H2,1H3/t12-,13+,14+,16-/m1/s1. The molecular formula is C20H24Cl2N2OS. The number of carbonyl (C=O) groups is 1. The summed E-state index contributed by atoms with van der Waals surface area (Å²) in [4.78, 5) is 19.8. The van der Waals surface area contributed by atoms with Gasteiger partial charge in [0.1, 0.15) is 0 Å². The molecule has 1 amide bonds. The predicted molar refractivity (Wildman–Crippen MR) is 110 cm³/mol. The van der Waals surface area contributed by atoms with E-state index in [0.29, 0.717) is 22.4 Å². The first-order valence-corrected chi connectivity index (χ1v) is 11.3. The van der Waals surface area contributed by atoms with Crippen molar-refractivity contribution < 1.29 is 4.79 Å². The van der Waals surface area contributed by atoms with Gasteiger partial charge in [-0.15, -0.1) is 0 Å². The van der Waals surface area contributed by atoms with E-state index in [1.165, 1.54) is 25.7 Å². The first kappa shape index (κ1) is 18.6. The summed E-state index contributed by atoms with van der Waals surface area (Å²) in [6, 6.07) is 5.60. The molecule has 3 fully saturated rings. The van der Waals surface area contributed by atoms with Gasteiger partial charge >= 0.3 is 0 Å². The predicted octanol–water partition coefficient (Wildman–Crippen LogP) is 6.16. The Kier molecular flexibility index (Phi) is 5.54. The summed E-state index contributed by atoms with van der Waals surface area (Å²) in [5.41, 5.74) is 0.747. The van der Waals surface area contributed by atoms with Gasteiger partial charge in [0, 0.05) is 18.2 Å². The number of benzene rings is 1. The molecule has 1 heterocycles. The Morgan fingerprint density at radius 1 is 1.27 bits per heavy atom. The van der Waals surface area contributed by atoms with Crippen LogP contribution >= 0.6 is 35.0 Å². The molecule has 0 N–H and O–H groups in total. The summed E-state index contributed by atoms with van der Waals surface area (Å²) in [6.45, 7) is 2.14. The van der Waals surface area contributed by atoms with Crippen molar-refractivity contribution in [1.29, 1.82) is 0 Å². The lowest BCUT2D eigenvalue weighted by Gasteiger charge is -2.27. The monoisotopic (exact) mass is 410 g/mol. The van der Waals surface area contributed by atoms with Crippen LogP contribution in [0.5, 0.6) is 0 Å². The van der Waals surface area contributed by atoms with Crippen molar-refractivity contribution in [3.63, 3.8) is 0 Å². The molecule has 0 radical (unpaired) electrons. The van der Waals surface area contributed by atoms with Crippen molar-refractivity contribution in [1.82, 2.24) is 4.90 Å². The van der Waals surface area contributed by atoms with E-state index >= 15 is 0 Å². The molecule has 1 aromatic rings. The zero-order chi connectivity index (χ0) is 18.3. The fourth-order valence-electron chi connectivity index (χ4n) is 4.78. The van der Waals surface area contributed by atoms with Gasteiger partial charge in [-0.2, -0.15) is 0 Å². The van der Waals surface area contributed by atoms with Crippen molar-refractivity contribution in [3.8, 4) is 0 Å². The van der Waals surface area contributed by atoms with E-state index in [1.807, 2.05) is 11.0 Å². The maximum atomic E-state index is 13.2. The summed E-state index contributed by atoms with van der Waals surface area (Å²) in [5, 5.41) is 1.82. The van der Waals surface area contributed by atoms with E-state index < -0.39 is 0 Å². The second-order valence-electron chi connectivity index (χ2n) is 7.77. The minimum absolute atomic E-state index is 0.243. The van der Waals surface area contributed by atoms with Crippen LogP contribution < -0.4 is 0 Å². The summed E-state index contributed by atoms with van der Waals surface area (Å²) >= 11 is 13.8. The molecule has 1 aliphatic heterocycles. The van der Waals surface area contributed by atoms with Gasteiger partial charge in [-0.3, -0.25) is 9.69 Å². The van der Waals surface area contributed by atoms with E-state index in [9.17, 15) is 4.79 Å². The van der Waals surface area contributed by atoms with Crippen molar-refractivity contribution in [3.05, 3.63) is 28.2 Å². The maximum Gasteiger partial charge on any atom is 0.229 e. The maximum absolute atomic E-state index is 13.2. The topological polar surface area (TPSA) is 32.7 Å². The summed E-state index contributed by atoms with van der Waals surface area (Å²) < 4.78 is 0. The molecule has 4 atom stereocenters. The van der Waals surface area contributed by atoms with E-state index in [4.69, 9.17) is 28.2 Å². The second-order valence-corrected chi connectivity index (χ2v) is 9.57. The van der Waals surface area contributed by atoms with E-state index in [1.54, 1.807) is 23.9 Å². The molecule has 2 bridgehead atoms. The Morgan fingerprint density at radius 3 is 2.77 bits per heavy atom. The number of amidine groups is 1. The van der Waals surface area contributed by atoms with Crippen LogP contribution in [0.4, 0.5) is 5.69 Å². The van der Waals surface area contributed by atoms with Gasteiger partial charge in [0.05, 0.1) is 15.7 Å². The number of amides is 1. The third kappa shape index (κ3) is 3.65. The Morgan fingerprint density at radius 2 is 2.12 bits per heavy atom. The fraction of sp³-hybridized carbons (Fsp3) is 0.600. The number of rotatable bonds is 4. The molecule has 0 aromatic heterocycles. The van der Waals surface area contributed by atoms with Gasteiger partial charge in [0.25, 0.3) is 0 Å². The van der Waals surface area contributed by atoms with E-state index in [2.05, 4.69) is 6.92 Å². The van der Waals surface area contributed by atoms with Crippen LogP contribution in [0, 0.1) is 17.8 Å². The van der Waals surface area contributed by atoms with Crippen LogP contribution in [0.3, 0.4) is 0 Å². The van der Waals surface area contributed by atoms with E-state index in [-0.39, 0.29) is 11.9 Å². The number of halogens is 2. The highest BCUT2D eigenvalue weighted by molar-refractivity contribution is 8.14. The molecule has 1 saturated heterocycles. The highest BCUT2D eigenvalue weighted by atomic mass is 35.5. The first-order chi connectivity index (χ1) is 12.5. The van der Waals surface area contributed by atoms with Gasteiger partial charge in [-0.05, 0) is 61.6 Å². The zero-order valence-corrected chi connectivity index (χ0v) is 17.3. The molecule has 0 unspecified atom stereocenters. The Labute approximate surface area is 169 Å². The number of hydrogen-bond acceptors (Lipinski definition) is 3. The fourth-order valence-corrected chi connectivity index (χ4v) is 6.36. The molecule has 3 nitrogen and oxygen atoms in total. The average Bonchev–Trinajstić information content (AvgIpc) is 3.33. The highest BCUT2D eigenvalue weighted by Gasteiger charge is 2.42. The van der Waals surface area contributed by atoms with Gasteiger partial charge in [0.15, 0.2) is 5.17 Å². The molecule has 26 heavy (non-hydrogen) atoms. The van der Waals surface area contributed by atoms with Crippen LogP contribution in [0.2, 0.25) is 10.0 Å². The molecule has 2 aliphatic carbocycles. The molecule has 1 aromatic carbocycles. The number of aliphatic imine (C=N–C) groups is 1. The Hall–Kier alpha value is -0.710. The van der Waals surface area contributed by atoms with E-state index in [0.717, 1.165) is 34.9 Å². The Bertz CT molecular complexity index is 739. The lowest BCUT2D eigenvalue weighted by molar-refractivity contribution is -0.129. The Balaban J connectivity index is 1.53. The minimum atomic E-state index is 0.243. The van der Waals surface area contributed by atoms with Crippen LogP contribution in [-0.2, 0) is 4.79 Å². The third-order valence-corrected chi connectivity index (χ3v) is 8.00. The van der Waals surface area contributed by atoms with Crippen molar-refractivity contribution >= 4 is 51.7 Å². The second kappa shape index (κ2) is 7.73. The molecule has 2 saturated carbocycles. The smallest absolute Gasteiger partial charge is 0.229 e. The van der Waals surface area contributed by atoms with Crippen molar-refractivity contribution in [2.45, 2.75) is 51.5 Å². The molecule has 3 aliphatic rings. The molecule has 6 heteroatoms. The minimum Gasteiger partial charge on any atom is -0.287 e. The third-order valence-electron chi connectivity index (χ3n) is 6.17. The normalized spacial score (nSPS) is 32.0. The SMILES string of the molecule is CC[C@@H]1CSC(=Nc2ccc(Cl)c(Cl)c2)N1C(=O)C[C@@H]1C[C@@H]2CC[C@H]1C2. The summed E-state index contributed by atoms with van der Waals surface area (Å²) in [5.74, 6) is 3.39. The van der Waals surface area contributed by atoms with Gasteiger partial charge in [-0.25, -0.2) is 4.99 Å². The van der Waals surface area contributed by atoms with Crippen LogP contribution in [0.15, 0.2) is 23.2 Å². The molecular weight excluding hydrogens is 387 g/mol. The van der Waals surface area contributed by atoms with Gasteiger partial charge < -0.3 is 0 Å². The van der Waals surface area contributed by atoms with Crippen molar-refractivity contribution in [2.75, 3.05) is 5.75 Å². The van der Waals surface area contributed by atoms with Gasteiger partial charge in [-0.1, -0.05) is 48.3 Å². The van der Waals surface area contributed by atoms with Crippen LogP contribution in [0.1, 0.15) is 45.4 Å².